The third kappa shape index (κ3) is 4.47. The topological polar surface area (TPSA) is 96.2 Å². The van der Waals surface area contributed by atoms with Crippen molar-refractivity contribution < 1.29 is 28.2 Å². The molecule has 0 saturated heterocycles. The summed E-state index contributed by atoms with van der Waals surface area (Å²) in [5.74, 6) is 1.43. The van der Waals surface area contributed by atoms with Crippen molar-refractivity contribution in [2.45, 2.75) is 43.8 Å². The number of halogens is 2. The molecule has 0 bridgehead atoms. The third-order valence-corrected chi connectivity index (χ3v) is 6.68. The quantitative estimate of drug-likeness (QED) is 0.540. The van der Waals surface area contributed by atoms with Crippen LogP contribution in [0.4, 0.5) is 14.5 Å². The Morgan fingerprint density at radius 1 is 1.40 bits per heavy atom. The van der Waals surface area contributed by atoms with Crippen LogP contribution in [-0.4, -0.2) is 57.5 Å². The van der Waals surface area contributed by atoms with E-state index in [1.54, 1.807) is 44.5 Å². The van der Waals surface area contributed by atoms with Crippen molar-refractivity contribution in [2.24, 2.45) is 0 Å². The number of thiazole rings is 1. The molecule has 3 heterocycles. The van der Waals surface area contributed by atoms with E-state index < -0.39 is 35.3 Å². The molecule has 1 unspecified atom stereocenters. The van der Waals surface area contributed by atoms with Crippen LogP contribution >= 0.6 is 11.3 Å². The Morgan fingerprint density at radius 3 is 2.83 bits per heavy atom. The number of anilines is 1. The van der Waals surface area contributed by atoms with Gasteiger partial charge >= 0.3 is 0 Å². The van der Waals surface area contributed by atoms with Gasteiger partial charge in [0.1, 0.15) is 29.7 Å². The summed E-state index contributed by atoms with van der Waals surface area (Å²) in [6, 6.07) is 4.08. The first kappa shape index (κ1) is 23.3. The van der Waals surface area contributed by atoms with Crippen LogP contribution in [0.25, 0.3) is 4.96 Å². The number of carbonyl (C=O) groups is 2. The number of hydrogen-bond acceptors (Lipinski definition) is 6. The SMILES string of the molecule is CN1C(=O)[C@@H](NC(=O)c2cn3c(C4CC4(F)F)csc3n2)COc2ccc(C#CC(C)(C)O)cc21. The van der Waals surface area contributed by atoms with Crippen LogP contribution in [-0.2, 0) is 4.79 Å². The average molecular weight is 501 g/mol. The number of alkyl halides is 2. The van der Waals surface area contributed by atoms with Gasteiger partial charge in [-0.1, -0.05) is 11.8 Å². The van der Waals surface area contributed by atoms with Crippen LogP contribution < -0.4 is 15.0 Å². The first-order valence-corrected chi connectivity index (χ1v) is 11.8. The van der Waals surface area contributed by atoms with Gasteiger partial charge in [-0.25, -0.2) is 13.8 Å². The number of ether oxygens (including phenoxy) is 1. The van der Waals surface area contributed by atoms with Crippen molar-refractivity contribution in [1.82, 2.24) is 14.7 Å². The maximum absolute atomic E-state index is 13.5. The highest BCUT2D eigenvalue weighted by atomic mass is 32.1. The van der Waals surface area contributed by atoms with Gasteiger partial charge in [-0.05, 0) is 32.0 Å². The number of aromatic nitrogens is 2. The van der Waals surface area contributed by atoms with Crippen LogP contribution in [0.15, 0.2) is 29.8 Å². The highest BCUT2D eigenvalue weighted by molar-refractivity contribution is 7.15. The second-order valence-corrected chi connectivity index (χ2v) is 10.0. The van der Waals surface area contributed by atoms with Gasteiger partial charge in [0.25, 0.3) is 17.7 Å². The summed E-state index contributed by atoms with van der Waals surface area (Å²) in [4.78, 5) is 32.0. The number of likely N-dealkylation sites (N-methyl/N-ethyl adjacent to an activating group) is 1. The highest BCUT2D eigenvalue weighted by Crippen LogP contribution is 2.56. The molecule has 5 rings (SSSR count). The smallest absolute Gasteiger partial charge is 0.272 e. The minimum absolute atomic E-state index is 0.0310. The van der Waals surface area contributed by atoms with E-state index in [0.717, 1.165) is 0 Å². The number of nitrogens with one attached hydrogen (secondary N) is 1. The normalized spacial score (nSPS) is 21.0. The molecule has 1 aromatic carbocycles. The van der Waals surface area contributed by atoms with E-state index in [9.17, 15) is 23.5 Å². The number of amides is 2. The fraction of sp³-hybridized carbons (Fsp3) is 0.375. The fourth-order valence-electron chi connectivity index (χ4n) is 3.83. The van der Waals surface area contributed by atoms with E-state index in [4.69, 9.17) is 4.74 Å². The Morgan fingerprint density at radius 2 is 2.14 bits per heavy atom. The molecule has 1 saturated carbocycles. The molecule has 3 aromatic rings. The van der Waals surface area contributed by atoms with E-state index in [1.807, 2.05) is 0 Å². The Bertz CT molecular complexity index is 1410. The number of nitrogens with zero attached hydrogens (tertiary/aromatic N) is 3. The average Bonchev–Trinajstić information content (AvgIpc) is 3.11. The summed E-state index contributed by atoms with van der Waals surface area (Å²) in [5, 5.41) is 14.1. The molecular formula is C24H22F2N4O4S. The lowest BCUT2D eigenvalue weighted by atomic mass is 10.1. The van der Waals surface area contributed by atoms with Crippen molar-refractivity contribution in [1.29, 1.82) is 0 Å². The van der Waals surface area contributed by atoms with E-state index in [-0.39, 0.29) is 18.7 Å². The zero-order valence-corrected chi connectivity index (χ0v) is 19.9. The zero-order chi connectivity index (χ0) is 25.1. The maximum Gasteiger partial charge on any atom is 0.272 e. The van der Waals surface area contributed by atoms with Gasteiger partial charge in [-0.3, -0.25) is 14.0 Å². The van der Waals surface area contributed by atoms with Crippen LogP contribution in [0.2, 0.25) is 0 Å². The van der Waals surface area contributed by atoms with Gasteiger partial charge in [-0.15, -0.1) is 11.3 Å². The fourth-order valence-corrected chi connectivity index (χ4v) is 4.76. The monoisotopic (exact) mass is 500 g/mol. The zero-order valence-electron chi connectivity index (χ0n) is 19.1. The van der Waals surface area contributed by atoms with Crippen molar-refractivity contribution in [2.75, 3.05) is 18.6 Å². The molecule has 2 N–H and O–H groups in total. The predicted molar refractivity (Wildman–Crippen MR) is 125 cm³/mol. The number of rotatable bonds is 3. The Hall–Kier alpha value is -3.49. The second-order valence-electron chi connectivity index (χ2n) is 9.18. The summed E-state index contributed by atoms with van der Waals surface area (Å²) in [7, 11) is 1.57. The molecule has 2 atom stereocenters. The molecule has 35 heavy (non-hydrogen) atoms. The third-order valence-electron chi connectivity index (χ3n) is 5.82. The lowest BCUT2D eigenvalue weighted by Crippen LogP contribution is -2.49. The van der Waals surface area contributed by atoms with E-state index in [1.165, 1.54) is 26.8 Å². The summed E-state index contributed by atoms with van der Waals surface area (Å²) >= 11 is 1.18. The van der Waals surface area contributed by atoms with E-state index in [2.05, 4.69) is 22.1 Å². The van der Waals surface area contributed by atoms with Crippen molar-refractivity contribution in [3.8, 4) is 17.6 Å². The molecule has 11 heteroatoms. The summed E-state index contributed by atoms with van der Waals surface area (Å²) in [5.41, 5.74) is 0.360. The summed E-state index contributed by atoms with van der Waals surface area (Å²) in [6.45, 7) is 3.04. The molecule has 1 fully saturated rings. The molecular weight excluding hydrogens is 478 g/mol. The first-order valence-electron chi connectivity index (χ1n) is 10.9. The molecule has 2 amide bonds. The lowest BCUT2D eigenvalue weighted by Gasteiger charge is -2.20. The predicted octanol–water partition coefficient (Wildman–Crippen LogP) is 2.79. The Balaban J connectivity index is 1.33. The van der Waals surface area contributed by atoms with Crippen LogP contribution in [0.3, 0.4) is 0 Å². The maximum atomic E-state index is 13.5. The lowest BCUT2D eigenvalue weighted by molar-refractivity contribution is -0.120. The number of benzene rings is 1. The molecule has 2 aliphatic rings. The van der Waals surface area contributed by atoms with Crippen molar-refractivity contribution >= 4 is 33.8 Å². The van der Waals surface area contributed by atoms with Crippen LogP contribution in [0.1, 0.15) is 47.9 Å². The standard InChI is InChI=1S/C24H22F2N4O4S/c1-23(2,33)7-6-13-4-5-19-17(8-13)29(3)21(32)16(11-34-19)27-20(31)15-10-30-18(12-35-22(30)28-15)14-9-24(14,25)26/h4-5,8,10,12,14,16,33H,9,11H2,1-3H3,(H,27,31)/t14?,16-/m0/s1. The molecule has 182 valence electrons. The van der Waals surface area contributed by atoms with E-state index in [0.29, 0.717) is 27.7 Å². The molecule has 0 radical (unpaired) electrons. The number of fused-ring (bicyclic) bond motifs is 2. The number of imidazole rings is 1. The Kier molecular flexibility index (Phi) is 5.34. The molecule has 2 aromatic heterocycles. The number of aliphatic hydroxyl groups is 1. The van der Waals surface area contributed by atoms with E-state index >= 15 is 0 Å². The van der Waals surface area contributed by atoms with Gasteiger partial charge in [-0.2, -0.15) is 0 Å². The largest absolute Gasteiger partial charge is 0.489 e. The minimum Gasteiger partial charge on any atom is -0.489 e. The Labute approximate surface area is 203 Å². The van der Waals surface area contributed by atoms with Crippen molar-refractivity contribution in [3.63, 3.8) is 0 Å². The summed E-state index contributed by atoms with van der Waals surface area (Å²) < 4.78 is 34.4. The van der Waals surface area contributed by atoms with Gasteiger partial charge in [0.05, 0.1) is 11.6 Å². The first-order chi connectivity index (χ1) is 16.4. The van der Waals surface area contributed by atoms with Gasteiger partial charge in [0, 0.05) is 36.3 Å². The van der Waals surface area contributed by atoms with Gasteiger partial charge < -0.3 is 20.1 Å². The molecule has 0 spiro atoms. The minimum atomic E-state index is -2.73. The van der Waals surface area contributed by atoms with Crippen LogP contribution in [0.5, 0.6) is 5.75 Å². The van der Waals surface area contributed by atoms with Crippen molar-refractivity contribution in [3.05, 3.63) is 46.7 Å². The van der Waals surface area contributed by atoms with Gasteiger partial charge in [0.15, 0.2) is 4.96 Å². The molecule has 1 aliphatic heterocycles. The van der Waals surface area contributed by atoms with Crippen LogP contribution in [0, 0.1) is 11.8 Å². The number of carbonyl (C=O) groups excluding carboxylic acids is 2. The number of hydrogen-bond donors (Lipinski definition) is 2. The van der Waals surface area contributed by atoms with Gasteiger partial charge in [0.2, 0.25) is 0 Å². The molecule has 8 nitrogen and oxygen atoms in total. The summed E-state index contributed by atoms with van der Waals surface area (Å²) in [6.07, 6.45) is 1.20. The second kappa shape index (κ2) is 8.03. The highest BCUT2D eigenvalue weighted by Gasteiger charge is 2.59. The molecule has 1 aliphatic carbocycles.